The molecule has 0 amide bonds. The van der Waals surface area contributed by atoms with Gasteiger partial charge in [0.25, 0.3) is 0 Å². The molecule has 0 bridgehead atoms. The van der Waals surface area contributed by atoms with Crippen LogP contribution in [0.3, 0.4) is 0 Å². The molecule has 16 heavy (non-hydrogen) atoms. The van der Waals surface area contributed by atoms with Gasteiger partial charge in [-0.05, 0) is 45.2 Å². The highest BCUT2D eigenvalue weighted by atomic mass is 32.1. The Morgan fingerprint density at radius 3 is 1.94 bits per heavy atom. The Hall–Kier alpha value is 0.270. The molecule has 0 saturated heterocycles. The summed E-state index contributed by atoms with van der Waals surface area (Å²) < 4.78 is 0. The Bertz CT molecular complexity index is 171. The Labute approximate surface area is 108 Å². The van der Waals surface area contributed by atoms with Crippen molar-refractivity contribution >= 4 is 12.6 Å². The third-order valence-corrected chi connectivity index (χ3v) is 3.77. The van der Waals surface area contributed by atoms with Gasteiger partial charge in [0.05, 0.1) is 0 Å². The lowest BCUT2D eigenvalue weighted by molar-refractivity contribution is 0.149. The molecule has 2 nitrogen and oxygen atoms in total. The van der Waals surface area contributed by atoms with Gasteiger partial charge >= 0.3 is 0 Å². The monoisotopic (exact) mass is 246 g/mol. The molecule has 0 saturated carbocycles. The van der Waals surface area contributed by atoms with Crippen LogP contribution >= 0.6 is 12.6 Å². The molecular formula is C13H30N2S. The molecule has 0 aliphatic carbocycles. The SMILES string of the molecule is CCN(CC(CS)C(C)C)C(C)CN(C)C. The molecule has 2 unspecified atom stereocenters. The fourth-order valence-corrected chi connectivity index (χ4v) is 2.58. The lowest BCUT2D eigenvalue weighted by atomic mass is 9.96. The van der Waals surface area contributed by atoms with Gasteiger partial charge in [-0.3, -0.25) is 4.90 Å². The third-order valence-electron chi connectivity index (χ3n) is 3.31. The van der Waals surface area contributed by atoms with Crippen molar-refractivity contribution in [2.75, 3.05) is 39.5 Å². The summed E-state index contributed by atoms with van der Waals surface area (Å²) in [6.07, 6.45) is 0. The predicted octanol–water partition coefficient (Wildman–Crippen LogP) is 2.46. The maximum absolute atomic E-state index is 4.47. The van der Waals surface area contributed by atoms with E-state index in [0.717, 1.165) is 24.8 Å². The third kappa shape index (κ3) is 6.12. The zero-order chi connectivity index (χ0) is 12.7. The van der Waals surface area contributed by atoms with Crippen LogP contribution in [0.1, 0.15) is 27.7 Å². The van der Waals surface area contributed by atoms with E-state index in [1.54, 1.807) is 0 Å². The van der Waals surface area contributed by atoms with Gasteiger partial charge in [0, 0.05) is 19.1 Å². The fraction of sp³-hybridized carbons (Fsp3) is 1.00. The van der Waals surface area contributed by atoms with Crippen molar-refractivity contribution in [2.24, 2.45) is 11.8 Å². The second-order valence-electron chi connectivity index (χ2n) is 5.39. The fourth-order valence-electron chi connectivity index (χ4n) is 2.05. The van der Waals surface area contributed by atoms with Crippen LogP contribution in [0.2, 0.25) is 0 Å². The summed E-state index contributed by atoms with van der Waals surface area (Å²) in [5.41, 5.74) is 0. The van der Waals surface area contributed by atoms with E-state index in [0.29, 0.717) is 12.0 Å². The Morgan fingerprint density at radius 1 is 1.06 bits per heavy atom. The summed E-state index contributed by atoms with van der Waals surface area (Å²) in [4.78, 5) is 4.83. The Morgan fingerprint density at radius 2 is 1.62 bits per heavy atom. The van der Waals surface area contributed by atoms with Crippen molar-refractivity contribution in [1.82, 2.24) is 9.80 Å². The number of rotatable bonds is 8. The van der Waals surface area contributed by atoms with Crippen LogP contribution in [-0.2, 0) is 0 Å². The van der Waals surface area contributed by atoms with E-state index >= 15 is 0 Å². The lowest BCUT2D eigenvalue weighted by Gasteiger charge is -2.34. The van der Waals surface area contributed by atoms with Crippen LogP contribution in [0.4, 0.5) is 0 Å². The van der Waals surface area contributed by atoms with Crippen molar-refractivity contribution < 1.29 is 0 Å². The van der Waals surface area contributed by atoms with Crippen LogP contribution in [0, 0.1) is 11.8 Å². The molecule has 3 heteroatoms. The average molecular weight is 246 g/mol. The van der Waals surface area contributed by atoms with Gasteiger partial charge in [-0.25, -0.2) is 0 Å². The molecule has 0 fully saturated rings. The number of likely N-dealkylation sites (N-methyl/N-ethyl adjacent to an activating group) is 2. The molecule has 0 aromatic heterocycles. The molecule has 98 valence electrons. The van der Waals surface area contributed by atoms with E-state index in [9.17, 15) is 0 Å². The normalized spacial score (nSPS) is 16.1. The summed E-state index contributed by atoms with van der Waals surface area (Å²) in [6.45, 7) is 12.6. The van der Waals surface area contributed by atoms with Crippen molar-refractivity contribution in [2.45, 2.75) is 33.7 Å². The molecule has 0 aliphatic heterocycles. The Kier molecular flexibility index (Phi) is 8.52. The first-order valence-electron chi connectivity index (χ1n) is 6.41. The molecule has 0 aromatic rings. The standard InChI is InChI=1S/C13H30N2S/c1-7-15(12(4)8-14(5)6)9-13(10-16)11(2)3/h11-13,16H,7-10H2,1-6H3. The van der Waals surface area contributed by atoms with Gasteiger partial charge in [0.1, 0.15) is 0 Å². The second kappa shape index (κ2) is 8.37. The van der Waals surface area contributed by atoms with Gasteiger partial charge in [-0.1, -0.05) is 20.8 Å². The first-order chi connectivity index (χ1) is 7.42. The highest BCUT2D eigenvalue weighted by Gasteiger charge is 2.19. The first-order valence-corrected chi connectivity index (χ1v) is 7.05. The van der Waals surface area contributed by atoms with Crippen molar-refractivity contribution in [1.29, 1.82) is 0 Å². The average Bonchev–Trinajstić information content (AvgIpc) is 2.17. The maximum Gasteiger partial charge on any atom is 0.0194 e. The zero-order valence-corrected chi connectivity index (χ0v) is 12.8. The first kappa shape index (κ1) is 16.3. The molecule has 0 radical (unpaired) electrons. The maximum atomic E-state index is 4.47. The second-order valence-corrected chi connectivity index (χ2v) is 5.75. The van der Waals surface area contributed by atoms with Crippen LogP contribution in [-0.4, -0.2) is 55.3 Å². The van der Waals surface area contributed by atoms with E-state index in [1.165, 1.54) is 6.54 Å². The zero-order valence-electron chi connectivity index (χ0n) is 11.9. The van der Waals surface area contributed by atoms with Gasteiger partial charge in [0.2, 0.25) is 0 Å². The molecular weight excluding hydrogens is 216 g/mol. The molecule has 0 N–H and O–H groups in total. The molecule has 0 aliphatic rings. The van der Waals surface area contributed by atoms with Crippen molar-refractivity contribution in [3.63, 3.8) is 0 Å². The Balaban J connectivity index is 4.26. The van der Waals surface area contributed by atoms with Crippen LogP contribution in [0.15, 0.2) is 0 Å². The summed E-state index contributed by atoms with van der Waals surface area (Å²) >= 11 is 4.47. The molecule has 0 heterocycles. The number of hydrogen-bond donors (Lipinski definition) is 1. The number of thiol groups is 1. The largest absolute Gasteiger partial charge is 0.308 e. The lowest BCUT2D eigenvalue weighted by Crippen LogP contribution is -2.43. The molecule has 0 spiro atoms. The minimum absolute atomic E-state index is 0.626. The molecule has 0 aromatic carbocycles. The van der Waals surface area contributed by atoms with Crippen LogP contribution in [0.5, 0.6) is 0 Å². The predicted molar refractivity (Wildman–Crippen MR) is 77.4 cm³/mol. The van der Waals surface area contributed by atoms with E-state index in [-0.39, 0.29) is 0 Å². The van der Waals surface area contributed by atoms with Gasteiger partial charge in [0.15, 0.2) is 0 Å². The highest BCUT2D eigenvalue weighted by Crippen LogP contribution is 2.15. The van der Waals surface area contributed by atoms with Gasteiger partial charge in [-0.15, -0.1) is 0 Å². The number of hydrogen-bond acceptors (Lipinski definition) is 3. The van der Waals surface area contributed by atoms with E-state index < -0.39 is 0 Å². The summed E-state index contributed by atoms with van der Waals surface area (Å²) in [5, 5.41) is 0. The van der Waals surface area contributed by atoms with E-state index in [4.69, 9.17) is 0 Å². The van der Waals surface area contributed by atoms with E-state index in [1.807, 2.05) is 0 Å². The van der Waals surface area contributed by atoms with E-state index in [2.05, 4.69) is 64.2 Å². The van der Waals surface area contributed by atoms with Crippen LogP contribution < -0.4 is 0 Å². The topological polar surface area (TPSA) is 6.48 Å². The highest BCUT2D eigenvalue weighted by molar-refractivity contribution is 7.80. The molecule has 2 atom stereocenters. The van der Waals surface area contributed by atoms with Crippen molar-refractivity contribution in [3.8, 4) is 0 Å². The van der Waals surface area contributed by atoms with Gasteiger partial charge in [-0.2, -0.15) is 12.6 Å². The van der Waals surface area contributed by atoms with Crippen molar-refractivity contribution in [3.05, 3.63) is 0 Å². The van der Waals surface area contributed by atoms with Crippen LogP contribution in [0.25, 0.3) is 0 Å². The smallest absolute Gasteiger partial charge is 0.0194 e. The minimum atomic E-state index is 0.626. The molecule has 0 rings (SSSR count). The summed E-state index contributed by atoms with van der Waals surface area (Å²) in [6, 6.07) is 0.626. The van der Waals surface area contributed by atoms with Gasteiger partial charge < -0.3 is 4.90 Å². The quantitative estimate of drug-likeness (QED) is 0.657. The summed E-state index contributed by atoms with van der Waals surface area (Å²) in [5.74, 6) is 2.41. The number of nitrogens with zero attached hydrogens (tertiary/aromatic N) is 2. The summed E-state index contributed by atoms with van der Waals surface area (Å²) in [7, 11) is 4.28. The minimum Gasteiger partial charge on any atom is -0.308 e.